The van der Waals surface area contributed by atoms with Crippen molar-refractivity contribution in [3.63, 3.8) is 0 Å². The van der Waals surface area contributed by atoms with Gasteiger partial charge in [-0.15, -0.1) is 0 Å². The van der Waals surface area contributed by atoms with Crippen molar-refractivity contribution in [3.8, 4) is 0 Å². The van der Waals surface area contributed by atoms with Gasteiger partial charge >= 0.3 is 82.6 Å². The van der Waals surface area contributed by atoms with Gasteiger partial charge in [-0.05, 0) is 36.4 Å². The minimum absolute atomic E-state index is 0. The van der Waals surface area contributed by atoms with Gasteiger partial charge in [0.25, 0.3) is 0 Å². The molecule has 0 aliphatic heterocycles. The molecule has 0 saturated heterocycles. The van der Waals surface area contributed by atoms with Crippen LogP contribution in [0.15, 0.2) is 111 Å². The largest absolute Gasteiger partial charge is 3.00 e. The molecular formula is C36H40F6N6O20Pr2+6. The second kappa shape index (κ2) is 46.4. The number of rotatable bonds is 6. The quantitative estimate of drug-likeness (QED) is 0.110. The van der Waals surface area contributed by atoms with Crippen LogP contribution in [0.4, 0.5) is 26.3 Å². The van der Waals surface area contributed by atoms with Gasteiger partial charge in [0.15, 0.2) is 0 Å². The van der Waals surface area contributed by atoms with Crippen LogP contribution in [0, 0.1) is 117 Å². The first kappa shape index (κ1) is 86.8. The smallest absolute Gasteiger partial charge is 0.545 e. The van der Waals surface area contributed by atoms with Gasteiger partial charge in [0.1, 0.15) is 34.9 Å². The number of aromatic carboxylic acids is 6. The number of carbonyl (C=O) groups excluding carboxylic acids is 6. The molecule has 6 aromatic rings. The Morgan fingerprint density at radius 2 is 0.371 bits per heavy atom. The van der Waals surface area contributed by atoms with E-state index in [0.717, 1.165) is 111 Å². The van der Waals surface area contributed by atoms with Gasteiger partial charge in [-0.3, -0.25) is 29.9 Å². The first-order valence-electron chi connectivity index (χ1n) is 15.1. The van der Waals surface area contributed by atoms with Crippen LogP contribution in [0.25, 0.3) is 0 Å². The predicted octanol–water partition coefficient (Wildman–Crippen LogP) is -9.68. The maximum Gasteiger partial charge on any atom is 3.00 e. The summed E-state index contributed by atoms with van der Waals surface area (Å²) in [5, 5.41) is 60.2. The summed E-state index contributed by atoms with van der Waals surface area (Å²) in [4.78, 5) is 80.1. The summed E-state index contributed by atoms with van der Waals surface area (Å²) in [5.74, 6) is -12.6. The third kappa shape index (κ3) is 37.7. The maximum absolute atomic E-state index is 12.2. The van der Waals surface area contributed by atoms with Gasteiger partial charge in [0.05, 0.1) is 73.0 Å². The number of aromatic nitrogens is 6. The predicted molar refractivity (Wildman–Crippen MR) is 208 cm³/mol. The normalized spacial score (nSPS) is 7.97. The van der Waals surface area contributed by atoms with Crippen LogP contribution in [0.2, 0.25) is 0 Å². The van der Waals surface area contributed by atoms with E-state index in [1.165, 1.54) is 0 Å². The van der Waals surface area contributed by atoms with Gasteiger partial charge in [-0.2, -0.15) is 0 Å². The van der Waals surface area contributed by atoms with Gasteiger partial charge in [0, 0.05) is 70.6 Å². The molecule has 0 atom stereocenters. The molecule has 0 amide bonds. The molecule has 0 aromatic carbocycles. The van der Waals surface area contributed by atoms with Gasteiger partial charge in [-0.1, -0.05) is 0 Å². The van der Waals surface area contributed by atoms with Crippen molar-refractivity contribution in [2.45, 2.75) is 0 Å². The van der Waals surface area contributed by atoms with Crippen molar-refractivity contribution in [2.75, 3.05) is 0 Å². The van der Waals surface area contributed by atoms with Gasteiger partial charge < -0.3 is 103 Å². The number of halogens is 6. The molecule has 0 fully saturated rings. The number of carbonyl (C=O) groups is 6. The van der Waals surface area contributed by atoms with Crippen molar-refractivity contribution < 1.29 is 212 Å². The molecule has 6 aromatic heterocycles. The van der Waals surface area contributed by atoms with Crippen LogP contribution in [-0.4, -0.2) is 76.7 Å². The van der Waals surface area contributed by atoms with Crippen LogP contribution in [0.5, 0.6) is 0 Å². The Labute approximate surface area is 453 Å². The molecule has 22 N–H and O–H groups in total. The summed E-state index contributed by atoms with van der Waals surface area (Å²) in [6, 6.07) is 5.10. The molecule has 0 saturated carbocycles. The number of nitrogens with zero attached hydrogens (tertiary/aromatic N) is 6. The molecule has 0 aliphatic rings. The second-order valence-electron chi connectivity index (χ2n) is 10.1. The molecule has 0 unspecified atom stereocenters. The minimum atomic E-state index is -1.42. The third-order valence-electron chi connectivity index (χ3n) is 5.64. The fourth-order valence-electron chi connectivity index (χ4n) is 3.14. The second-order valence-corrected chi connectivity index (χ2v) is 10.1. The molecule has 6 heterocycles. The first-order valence-corrected chi connectivity index (χ1v) is 15.1. The van der Waals surface area contributed by atoms with Gasteiger partial charge in [-0.25, -0.2) is 26.3 Å². The monoisotopic (exact) mass is 1270 g/mol. The van der Waals surface area contributed by atoms with Crippen LogP contribution in [0.1, 0.15) is 62.1 Å². The van der Waals surface area contributed by atoms with E-state index in [0.29, 0.717) is 0 Å². The van der Waals surface area contributed by atoms with Crippen molar-refractivity contribution >= 4 is 35.8 Å². The van der Waals surface area contributed by atoms with Crippen LogP contribution in [-0.2, 0) is 32.9 Å². The zero-order valence-corrected chi connectivity index (χ0v) is 42.3. The summed E-state index contributed by atoms with van der Waals surface area (Å²) < 4.78 is 73.0. The number of carboxylic acid groups (broad SMARTS) is 6. The molecule has 70 heavy (non-hydrogen) atoms. The van der Waals surface area contributed by atoms with E-state index >= 15 is 0 Å². The number of pyridine rings is 6. The van der Waals surface area contributed by atoms with Crippen LogP contribution in [0.3, 0.4) is 0 Å². The van der Waals surface area contributed by atoms with Gasteiger partial charge in [0.2, 0.25) is 0 Å². The van der Waals surface area contributed by atoms with E-state index in [1.54, 1.807) is 0 Å². The molecule has 0 bridgehead atoms. The zero-order valence-electron chi connectivity index (χ0n) is 34.9. The number of hydrogen-bond acceptors (Lipinski definition) is 18. The number of hydrogen-bond donors (Lipinski definition) is 0. The topological polar surface area (TPSA) is 579 Å². The van der Waals surface area contributed by atoms with E-state index < -0.39 is 70.7 Å². The molecule has 0 spiro atoms. The van der Waals surface area contributed by atoms with Crippen LogP contribution >= 0.6 is 0 Å². The fraction of sp³-hybridized carbons (Fsp3) is 0. The SMILES string of the molecule is O.O.O=C([O-])c1cncc(F)c1.O=C([O-])c1cncc(F)c1.O=C([O-])c1cncc(F)c1.O=C([O-])c1cncc(F)c1.O=C([O-])c1cncc(F)c1.O=C([O-])c1cncc(F)c1.[OH3+].[OH3+].[OH3+].[OH3+].[OH3+].[OH3+].[Pr+3].[Pr+3]. The van der Waals surface area contributed by atoms with Crippen LogP contribution < -0.4 is 30.6 Å². The summed E-state index contributed by atoms with van der Waals surface area (Å²) >= 11 is 0. The Morgan fingerprint density at radius 3 is 0.429 bits per heavy atom. The Morgan fingerprint density at radius 1 is 0.271 bits per heavy atom. The fourth-order valence-corrected chi connectivity index (χ4v) is 3.14. The van der Waals surface area contributed by atoms with E-state index in [9.17, 15) is 85.7 Å². The average molecular weight is 1270 g/mol. The molecule has 0 aliphatic carbocycles. The standard InChI is InChI=1S/6C6H4FNO2.8H2O.2Pr/c6*7-5-1-4(6(9)10)2-8-3-5;;;;;;;;;;/h6*1-3H,(H,9,10);8*1H2;;/q;;;;;;;;;;;;;;2*+3. The number of carboxylic acids is 6. The summed E-state index contributed by atoms with van der Waals surface area (Å²) in [7, 11) is 0. The Kier molecular flexibility index (Phi) is 57.6. The summed E-state index contributed by atoms with van der Waals surface area (Å²) in [6.07, 6.45) is 11.7. The molecular weight excluding hydrogens is 1230 g/mol. The van der Waals surface area contributed by atoms with E-state index in [2.05, 4.69) is 29.9 Å². The summed E-state index contributed by atoms with van der Waals surface area (Å²) in [5.41, 5.74) is -1.50. The van der Waals surface area contributed by atoms with E-state index in [-0.39, 0.29) is 160 Å². The Balaban J connectivity index is -0.0000000750. The molecule has 6 rings (SSSR count). The molecule has 26 nitrogen and oxygen atoms in total. The van der Waals surface area contributed by atoms with Crippen molar-refractivity contribution in [3.05, 3.63) is 179 Å². The van der Waals surface area contributed by atoms with E-state index in [1.807, 2.05) is 0 Å². The molecule has 34 heteroatoms. The third-order valence-corrected chi connectivity index (χ3v) is 5.64. The summed E-state index contributed by atoms with van der Waals surface area (Å²) in [6.45, 7) is 0. The van der Waals surface area contributed by atoms with E-state index in [4.69, 9.17) is 0 Å². The average Bonchev–Trinajstić information content (AvgIpc) is 3.19. The maximum atomic E-state index is 12.2. The van der Waals surface area contributed by atoms with Crippen molar-refractivity contribution in [2.24, 2.45) is 0 Å². The Hall–Kier alpha value is -6.29. The minimum Gasteiger partial charge on any atom is -0.545 e. The zero-order chi connectivity index (χ0) is 45.4. The van der Waals surface area contributed by atoms with Crippen molar-refractivity contribution in [1.82, 2.24) is 29.9 Å². The molecule has 376 valence electrons. The molecule has 0 radical (unpaired) electrons. The Bertz CT molecular complexity index is 2030. The first-order chi connectivity index (χ1) is 28.2. The van der Waals surface area contributed by atoms with Crippen molar-refractivity contribution in [1.29, 1.82) is 0 Å².